The van der Waals surface area contributed by atoms with Gasteiger partial charge in [0.15, 0.2) is 0 Å². The van der Waals surface area contributed by atoms with Crippen molar-refractivity contribution >= 4 is 16.9 Å². The van der Waals surface area contributed by atoms with Crippen molar-refractivity contribution in [1.82, 2.24) is 4.90 Å². The average molecular weight is 305 g/mol. The van der Waals surface area contributed by atoms with Crippen molar-refractivity contribution in [2.45, 2.75) is 13.0 Å². The van der Waals surface area contributed by atoms with E-state index >= 15 is 0 Å². The van der Waals surface area contributed by atoms with Gasteiger partial charge in [-0.25, -0.2) is 4.79 Å². The molecule has 0 radical (unpaired) electrons. The van der Waals surface area contributed by atoms with Gasteiger partial charge in [-0.3, -0.25) is 4.79 Å². The van der Waals surface area contributed by atoms with E-state index in [1.807, 2.05) is 30.3 Å². The summed E-state index contributed by atoms with van der Waals surface area (Å²) >= 11 is 0. The van der Waals surface area contributed by atoms with E-state index in [0.29, 0.717) is 18.7 Å². The largest absolute Gasteiger partial charge is 0.422 e. The van der Waals surface area contributed by atoms with Crippen molar-refractivity contribution < 1.29 is 9.21 Å². The van der Waals surface area contributed by atoms with Gasteiger partial charge in [0.05, 0.1) is 0 Å². The molecule has 23 heavy (non-hydrogen) atoms. The maximum absolute atomic E-state index is 12.7. The summed E-state index contributed by atoms with van der Waals surface area (Å²) in [5.74, 6) is -0.265. The third-order valence-electron chi connectivity index (χ3n) is 4.29. The highest BCUT2D eigenvalue weighted by Crippen LogP contribution is 2.20. The van der Waals surface area contributed by atoms with Crippen LogP contribution < -0.4 is 5.63 Å². The van der Waals surface area contributed by atoms with Gasteiger partial charge in [0.25, 0.3) is 5.91 Å². The molecule has 1 aliphatic rings. The van der Waals surface area contributed by atoms with E-state index in [-0.39, 0.29) is 11.5 Å². The van der Waals surface area contributed by atoms with Crippen LogP contribution in [-0.2, 0) is 13.0 Å². The van der Waals surface area contributed by atoms with Crippen LogP contribution in [0.1, 0.15) is 21.5 Å². The molecule has 1 amide bonds. The minimum atomic E-state index is -0.576. The number of carbonyl (C=O) groups is 1. The molecule has 0 aliphatic carbocycles. The molecule has 0 bridgehead atoms. The lowest BCUT2D eigenvalue weighted by atomic mass is 9.99. The molecule has 1 aromatic heterocycles. The first kappa shape index (κ1) is 13.8. The lowest BCUT2D eigenvalue weighted by molar-refractivity contribution is 0.0730. The molecule has 4 rings (SSSR count). The van der Waals surface area contributed by atoms with E-state index in [0.717, 1.165) is 17.4 Å². The molecule has 0 unspecified atom stereocenters. The normalized spacial score (nSPS) is 13.8. The van der Waals surface area contributed by atoms with E-state index in [1.165, 1.54) is 5.56 Å². The molecule has 2 heterocycles. The van der Waals surface area contributed by atoms with Crippen molar-refractivity contribution in [1.29, 1.82) is 0 Å². The van der Waals surface area contributed by atoms with Crippen molar-refractivity contribution in [3.8, 4) is 0 Å². The van der Waals surface area contributed by atoms with E-state index in [2.05, 4.69) is 6.07 Å². The van der Waals surface area contributed by atoms with Gasteiger partial charge in [-0.1, -0.05) is 42.5 Å². The second-order valence-electron chi connectivity index (χ2n) is 5.73. The molecule has 0 N–H and O–H groups in total. The van der Waals surface area contributed by atoms with Gasteiger partial charge < -0.3 is 9.32 Å². The SMILES string of the molecule is O=C(c1cc2ccccc2oc1=O)N1CCc2ccccc2C1. The summed E-state index contributed by atoms with van der Waals surface area (Å²) in [6.45, 7) is 1.14. The fraction of sp³-hybridized carbons (Fsp3) is 0.158. The van der Waals surface area contributed by atoms with Crippen LogP contribution in [0.25, 0.3) is 11.0 Å². The summed E-state index contributed by atoms with van der Waals surface area (Å²) < 4.78 is 5.27. The van der Waals surface area contributed by atoms with Crippen LogP contribution in [0.3, 0.4) is 0 Å². The maximum atomic E-state index is 12.7. The van der Waals surface area contributed by atoms with E-state index in [1.54, 1.807) is 23.1 Å². The highest BCUT2D eigenvalue weighted by atomic mass is 16.4. The Kier molecular flexibility index (Phi) is 3.23. The topological polar surface area (TPSA) is 50.5 Å². The lowest BCUT2D eigenvalue weighted by Crippen LogP contribution is -2.38. The molecule has 0 saturated carbocycles. The smallest absolute Gasteiger partial charge is 0.349 e. The summed E-state index contributed by atoms with van der Waals surface area (Å²) in [4.78, 5) is 26.6. The zero-order valence-electron chi connectivity index (χ0n) is 12.5. The highest BCUT2D eigenvalue weighted by Gasteiger charge is 2.24. The predicted octanol–water partition coefficient (Wildman–Crippen LogP) is 2.99. The van der Waals surface area contributed by atoms with E-state index in [4.69, 9.17) is 4.42 Å². The molecular formula is C19H15NO3. The minimum Gasteiger partial charge on any atom is -0.422 e. The number of hydrogen-bond acceptors (Lipinski definition) is 3. The van der Waals surface area contributed by atoms with Crippen LogP contribution in [0.2, 0.25) is 0 Å². The summed E-state index contributed by atoms with van der Waals surface area (Å²) in [6, 6.07) is 16.9. The van der Waals surface area contributed by atoms with Crippen LogP contribution in [0.5, 0.6) is 0 Å². The monoisotopic (exact) mass is 305 g/mol. The Morgan fingerprint density at radius 2 is 1.74 bits per heavy atom. The van der Waals surface area contributed by atoms with Gasteiger partial charge >= 0.3 is 5.63 Å². The number of carbonyl (C=O) groups excluding carboxylic acids is 1. The molecule has 0 atom stereocenters. The Balaban J connectivity index is 1.70. The molecule has 0 spiro atoms. The molecule has 4 nitrogen and oxygen atoms in total. The van der Waals surface area contributed by atoms with E-state index < -0.39 is 5.63 Å². The van der Waals surface area contributed by atoms with Crippen LogP contribution in [-0.4, -0.2) is 17.4 Å². The number of para-hydroxylation sites is 1. The maximum Gasteiger partial charge on any atom is 0.349 e. The summed E-state index contributed by atoms with van der Waals surface area (Å²) in [6.07, 6.45) is 0.806. The zero-order chi connectivity index (χ0) is 15.8. The Labute approximate surface area is 133 Å². The quantitative estimate of drug-likeness (QED) is 0.649. The third-order valence-corrected chi connectivity index (χ3v) is 4.29. The number of nitrogens with zero attached hydrogens (tertiary/aromatic N) is 1. The van der Waals surface area contributed by atoms with Gasteiger partial charge in [-0.15, -0.1) is 0 Å². The van der Waals surface area contributed by atoms with Crippen LogP contribution in [0.15, 0.2) is 63.8 Å². The Bertz CT molecular complexity index is 958. The van der Waals surface area contributed by atoms with Gasteiger partial charge in [0.2, 0.25) is 0 Å². The first-order valence-electron chi connectivity index (χ1n) is 7.61. The van der Waals surface area contributed by atoms with Gasteiger partial charge in [0.1, 0.15) is 11.1 Å². The summed E-state index contributed by atoms with van der Waals surface area (Å²) in [7, 11) is 0. The Morgan fingerprint density at radius 1 is 1.00 bits per heavy atom. The average Bonchev–Trinajstić information content (AvgIpc) is 2.60. The molecule has 0 fully saturated rings. The van der Waals surface area contributed by atoms with Crippen molar-refractivity contribution in [3.05, 3.63) is 81.7 Å². The summed E-state index contributed by atoms with van der Waals surface area (Å²) in [5.41, 5.74) is 2.42. The van der Waals surface area contributed by atoms with Crippen molar-refractivity contribution in [2.75, 3.05) is 6.54 Å². The minimum absolute atomic E-state index is 0.100. The number of benzene rings is 2. The molecule has 3 aromatic rings. The number of hydrogen-bond donors (Lipinski definition) is 0. The number of amides is 1. The van der Waals surface area contributed by atoms with Crippen LogP contribution >= 0.6 is 0 Å². The standard InChI is InChI=1S/C19H15NO3/c21-18(20-10-9-13-5-1-2-7-15(13)12-20)16-11-14-6-3-4-8-17(14)23-19(16)22/h1-8,11H,9-10,12H2. The molecule has 4 heteroatoms. The number of fused-ring (bicyclic) bond motifs is 2. The lowest BCUT2D eigenvalue weighted by Gasteiger charge is -2.28. The van der Waals surface area contributed by atoms with Crippen LogP contribution in [0.4, 0.5) is 0 Å². The fourth-order valence-electron chi connectivity index (χ4n) is 3.05. The molecule has 1 aliphatic heterocycles. The van der Waals surface area contributed by atoms with E-state index in [9.17, 15) is 9.59 Å². The fourth-order valence-corrected chi connectivity index (χ4v) is 3.05. The third kappa shape index (κ3) is 2.42. The first-order valence-corrected chi connectivity index (χ1v) is 7.61. The van der Waals surface area contributed by atoms with Crippen molar-refractivity contribution in [2.24, 2.45) is 0 Å². The molecule has 2 aromatic carbocycles. The van der Waals surface area contributed by atoms with Crippen molar-refractivity contribution in [3.63, 3.8) is 0 Å². The number of rotatable bonds is 1. The molecule has 114 valence electrons. The second-order valence-corrected chi connectivity index (χ2v) is 5.73. The summed E-state index contributed by atoms with van der Waals surface area (Å²) in [5, 5.41) is 0.757. The first-order chi connectivity index (χ1) is 11.2. The zero-order valence-corrected chi connectivity index (χ0v) is 12.5. The Morgan fingerprint density at radius 3 is 2.61 bits per heavy atom. The second kappa shape index (κ2) is 5.39. The predicted molar refractivity (Wildman–Crippen MR) is 87.4 cm³/mol. The Hall–Kier alpha value is -2.88. The highest BCUT2D eigenvalue weighted by molar-refractivity contribution is 5.96. The van der Waals surface area contributed by atoms with Gasteiger partial charge in [0, 0.05) is 18.5 Å². The van der Waals surface area contributed by atoms with Gasteiger partial charge in [-0.05, 0) is 29.7 Å². The molecular weight excluding hydrogens is 290 g/mol. The molecule has 0 saturated heterocycles. The van der Waals surface area contributed by atoms with Crippen LogP contribution in [0, 0.1) is 0 Å². The van der Waals surface area contributed by atoms with Gasteiger partial charge in [-0.2, -0.15) is 0 Å².